The van der Waals surface area contributed by atoms with Gasteiger partial charge >= 0.3 is 0 Å². The highest BCUT2D eigenvalue weighted by molar-refractivity contribution is 6.32. The van der Waals surface area contributed by atoms with Crippen molar-refractivity contribution in [2.24, 2.45) is 0 Å². The molecule has 0 spiro atoms. The van der Waals surface area contributed by atoms with E-state index in [1.807, 2.05) is 36.9 Å². The molecule has 3 aromatic rings. The normalized spacial score (nSPS) is 15.1. The van der Waals surface area contributed by atoms with Gasteiger partial charge in [-0.3, -0.25) is 4.79 Å². The molecular weight excluding hydrogens is 450 g/mol. The molecule has 6 heteroatoms. The first kappa shape index (κ1) is 24.0. The molecule has 1 atom stereocenters. The Hall–Kier alpha value is -3.18. The molecule has 5 nitrogen and oxygen atoms in total. The predicted octanol–water partition coefficient (Wildman–Crippen LogP) is 6.39. The summed E-state index contributed by atoms with van der Waals surface area (Å²) in [6, 6.07) is 17.5. The lowest BCUT2D eigenvalue weighted by Gasteiger charge is -2.38. The van der Waals surface area contributed by atoms with E-state index in [9.17, 15) is 4.79 Å². The number of amides is 1. The Kier molecular flexibility index (Phi) is 7.32. The fourth-order valence-electron chi connectivity index (χ4n) is 4.46. The number of methoxy groups -OCH3 is 1. The molecular formula is C28H30ClNO4. The summed E-state index contributed by atoms with van der Waals surface area (Å²) in [5, 5.41) is 0.459. The summed E-state index contributed by atoms with van der Waals surface area (Å²) < 4.78 is 17.1. The van der Waals surface area contributed by atoms with E-state index in [2.05, 4.69) is 31.2 Å². The Morgan fingerprint density at radius 3 is 2.18 bits per heavy atom. The second kappa shape index (κ2) is 10.4. The summed E-state index contributed by atoms with van der Waals surface area (Å²) >= 11 is 6.45. The molecule has 1 amide bonds. The number of rotatable bonds is 8. The molecule has 0 bridgehead atoms. The van der Waals surface area contributed by atoms with E-state index >= 15 is 0 Å². The first-order chi connectivity index (χ1) is 16.5. The molecule has 4 rings (SSSR count). The topological polar surface area (TPSA) is 48.0 Å². The Bertz CT molecular complexity index is 1180. The average Bonchev–Trinajstić information content (AvgIpc) is 2.84. The van der Waals surface area contributed by atoms with Crippen LogP contribution in [0.25, 0.3) is 0 Å². The van der Waals surface area contributed by atoms with Crippen molar-refractivity contribution >= 4 is 23.2 Å². The van der Waals surface area contributed by atoms with E-state index in [4.69, 9.17) is 25.8 Å². The molecule has 0 saturated carbocycles. The number of hydrogen-bond acceptors (Lipinski definition) is 4. The Morgan fingerprint density at radius 2 is 1.59 bits per heavy atom. The second-order valence-electron chi connectivity index (χ2n) is 8.12. The van der Waals surface area contributed by atoms with Crippen LogP contribution in [0.4, 0.5) is 5.69 Å². The van der Waals surface area contributed by atoms with Gasteiger partial charge in [0.2, 0.25) is 5.91 Å². The first-order valence-electron chi connectivity index (χ1n) is 11.7. The van der Waals surface area contributed by atoms with Crippen molar-refractivity contribution in [1.29, 1.82) is 0 Å². The smallest absolute Gasteiger partial charge is 0.232 e. The number of hydrogen-bond donors (Lipinski definition) is 0. The van der Waals surface area contributed by atoms with Crippen molar-refractivity contribution in [3.63, 3.8) is 0 Å². The maximum atomic E-state index is 13.6. The van der Waals surface area contributed by atoms with Gasteiger partial charge in [-0.25, -0.2) is 0 Å². The quantitative estimate of drug-likeness (QED) is 0.375. The number of aryl methyl sites for hydroxylation is 1. The summed E-state index contributed by atoms with van der Waals surface area (Å²) in [5.74, 6) is 1.90. The standard InChI is InChI=1S/C28H30ClNO4/c1-5-18-8-10-19(11-9-18)28-22-17-26(34-7-3)25(33-6-2)14-20(22)15-27(31)30(28)21-12-13-24(32-4)23(29)16-21/h8-14,16-17,28H,5-7,15H2,1-4H3/t28-/m1/s1. The third-order valence-electron chi connectivity index (χ3n) is 6.09. The largest absolute Gasteiger partial charge is 0.495 e. The molecule has 34 heavy (non-hydrogen) atoms. The fraction of sp³-hybridized carbons (Fsp3) is 0.321. The fourth-order valence-corrected chi connectivity index (χ4v) is 4.71. The number of anilines is 1. The van der Waals surface area contributed by atoms with Gasteiger partial charge in [0.25, 0.3) is 0 Å². The van der Waals surface area contributed by atoms with Crippen LogP contribution in [0, 0.1) is 0 Å². The molecule has 0 unspecified atom stereocenters. The van der Waals surface area contributed by atoms with Crippen LogP contribution in [0.15, 0.2) is 54.6 Å². The van der Waals surface area contributed by atoms with Gasteiger partial charge in [-0.05, 0) is 72.9 Å². The maximum Gasteiger partial charge on any atom is 0.232 e. The Labute approximate surface area is 206 Å². The SMILES string of the molecule is CCOc1cc2c(cc1OCC)[C@@H](c1ccc(CC)cc1)N(c1ccc(OC)c(Cl)c1)C(=O)C2. The molecule has 3 aromatic carbocycles. The summed E-state index contributed by atoms with van der Waals surface area (Å²) in [6.45, 7) is 7.05. The summed E-state index contributed by atoms with van der Waals surface area (Å²) in [4.78, 5) is 15.4. The van der Waals surface area contributed by atoms with Gasteiger partial charge in [0.15, 0.2) is 11.5 Å². The van der Waals surface area contributed by atoms with Crippen molar-refractivity contribution in [1.82, 2.24) is 0 Å². The van der Waals surface area contributed by atoms with E-state index < -0.39 is 0 Å². The number of nitrogens with zero attached hydrogens (tertiary/aromatic N) is 1. The van der Waals surface area contributed by atoms with Crippen molar-refractivity contribution in [2.75, 3.05) is 25.2 Å². The summed E-state index contributed by atoms with van der Waals surface area (Å²) in [5.41, 5.74) is 4.94. The summed E-state index contributed by atoms with van der Waals surface area (Å²) in [7, 11) is 1.58. The van der Waals surface area contributed by atoms with Crippen molar-refractivity contribution < 1.29 is 19.0 Å². The zero-order valence-electron chi connectivity index (χ0n) is 20.1. The van der Waals surface area contributed by atoms with E-state index in [1.165, 1.54) is 5.56 Å². The molecule has 0 aliphatic carbocycles. The van der Waals surface area contributed by atoms with E-state index in [0.717, 1.165) is 28.8 Å². The lowest BCUT2D eigenvalue weighted by molar-refractivity contribution is -0.118. The molecule has 178 valence electrons. The zero-order valence-corrected chi connectivity index (χ0v) is 20.8. The van der Waals surface area contributed by atoms with Crippen LogP contribution in [-0.2, 0) is 17.6 Å². The van der Waals surface area contributed by atoms with Gasteiger partial charge in [0, 0.05) is 5.69 Å². The lowest BCUT2D eigenvalue weighted by Crippen LogP contribution is -2.41. The van der Waals surface area contributed by atoms with Crippen LogP contribution in [0.5, 0.6) is 17.2 Å². The first-order valence-corrected chi connectivity index (χ1v) is 12.0. The number of carbonyl (C=O) groups excluding carboxylic acids is 1. The van der Waals surface area contributed by atoms with Crippen LogP contribution >= 0.6 is 11.6 Å². The van der Waals surface area contributed by atoms with Gasteiger partial charge in [-0.15, -0.1) is 0 Å². The van der Waals surface area contributed by atoms with Crippen molar-refractivity contribution in [2.45, 2.75) is 39.7 Å². The summed E-state index contributed by atoms with van der Waals surface area (Å²) in [6.07, 6.45) is 1.21. The van der Waals surface area contributed by atoms with Crippen LogP contribution < -0.4 is 19.1 Å². The van der Waals surface area contributed by atoms with Crippen LogP contribution in [0.3, 0.4) is 0 Å². The van der Waals surface area contributed by atoms with Gasteiger partial charge in [-0.2, -0.15) is 0 Å². The number of ether oxygens (including phenoxy) is 3. The molecule has 0 fully saturated rings. The zero-order chi connectivity index (χ0) is 24.2. The van der Waals surface area contributed by atoms with Gasteiger partial charge < -0.3 is 19.1 Å². The Morgan fingerprint density at radius 1 is 0.912 bits per heavy atom. The highest BCUT2D eigenvalue weighted by atomic mass is 35.5. The highest BCUT2D eigenvalue weighted by Gasteiger charge is 2.36. The number of carbonyl (C=O) groups is 1. The Balaban J connectivity index is 1.91. The number of halogens is 1. The van der Waals surface area contributed by atoms with Gasteiger partial charge in [0.05, 0.1) is 37.8 Å². The molecule has 1 heterocycles. The minimum atomic E-state index is -0.332. The minimum Gasteiger partial charge on any atom is -0.495 e. The third-order valence-corrected chi connectivity index (χ3v) is 6.38. The predicted molar refractivity (Wildman–Crippen MR) is 136 cm³/mol. The number of benzene rings is 3. The van der Waals surface area contributed by atoms with Crippen LogP contribution in [-0.4, -0.2) is 26.2 Å². The van der Waals surface area contributed by atoms with Crippen LogP contribution in [0.1, 0.15) is 49.1 Å². The second-order valence-corrected chi connectivity index (χ2v) is 8.53. The molecule has 0 saturated heterocycles. The molecule has 1 aliphatic heterocycles. The molecule has 0 N–H and O–H groups in total. The third kappa shape index (κ3) is 4.58. The van der Waals surface area contributed by atoms with Crippen molar-refractivity contribution in [3.8, 4) is 17.2 Å². The van der Waals surface area contributed by atoms with E-state index in [-0.39, 0.29) is 18.4 Å². The lowest BCUT2D eigenvalue weighted by atomic mass is 9.86. The number of fused-ring (bicyclic) bond motifs is 1. The monoisotopic (exact) mass is 479 g/mol. The molecule has 0 aromatic heterocycles. The maximum absolute atomic E-state index is 13.6. The highest BCUT2D eigenvalue weighted by Crippen LogP contribution is 2.44. The molecule has 0 radical (unpaired) electrons. The minimum absolute atomic E-state index is 0.00934. The van der Waals surface area contributed by atoms with Gasteiger partial charge in [-0.1, -0.05) is 42.8 Å². The average molecular weight is 480 g/mol. The van der Waals surface area contributed by atoms with Crippen LogP contribution in [0.2, 0.25) is 5.02 Å². The van der Waals surface area contributed by atoms with Gasteiger partial charge in [0.1, 0.15) is 5.75 Å². The van der Waals surface area contributed by atoms with E-state index in [1.54, 1.807) is 19.2 Å². The van der Waals surface area contributed by atoms with E-state index in [0.29, 0.717) is 35.5 Å². The molecule has 1 aliphatic rings. The van der Waals surface area contributed by atoms with Crippen molar-refractivity contribution in [3.05, 3.63) is 81.9 Å².